The summed E-state index contributed by atoms with van der Waals surface area (Å²) in [6, 6.07) is 3.20. The van der Waals surface area contributed by atoms with Crippen LogP contribution in [0.3, 0.4) is 0 Å². The number of nitrogens with zero attached hydrogens (tertiary/aromatic N) is 1. The van der Waals surface area contributed by atoms with Gasteiger partial charge < -0.3 is 24.6 Å². The van der Waals surface area contributed by atoms with Crippen LogP contribution in [0.5, 0.6) is 17.2 Å². The summed E-state index contributed by atoms with van der Waals surface area (Å²) in [6.07, 6.45) is -0.568. The number of aliphatic hydroxyl groups excluding tert-OH is 1. The number of ether oxygens (including phenoxy) is 2. The predicted molar refractivity (Wildman–Crippen MR) is 65.3 cm³/mol. The average molecular weight is 252 g/mol. The van der Waals surface area contributed by atoms with Crippen molar-refractivity contribution in [3.63, 3.8) is 0 Å². The van der Waals surface area contributed by atoms with E-state index < -0.39 is 6.23 Å². The van der Waals surface area contributed by atoms with Crippen molar-refractivity contribution in [3.05, 3.63) is 12.1 Å². The van der Waals surface area contributed by atoms with E-state index in [2.05, 4.69) is 5.32 Å². The molecule has 0 saturated carbocycles. The first-order valence-electron chi connectivity index (χ1n) is 6.03. The van der Waals surface area contributed by atoms with Gasteiger partial charge in [0.2, 0.25) is 0 Å². The van der Waals surface area contributed by atoms with E-state index in [1.165, 1.54) is 0 Å². The van der Waals surface area contributed by atoms with Gasteiger partial charge in [0.15, 0.2) is 11.5 Å². The maximum atomic E-state index is 9.73. The largest absolute Gasteiger partial charge is 0.508 e. The fraction of sp³-hybridized carbons (Fsp3) is 0.500. The van der Waals surface area contributed by atoms with Crippen molar-refractivity contribution < 1.29 is 19.7 Å². The number of hydrogen-bond acceptors (Lipinski definition) is 6. The van der Waals surface area contributed by atoms with Gasteiger partial charge in [-0.25, -0.2) is 0 Å². The summed E-state index contributed by atoms with van der Waals surface area (Å²) in [5.41, 5.74) is 0.769. The molecule has 1 unspecified atom stereocenters. The van der Waals surface area contributed by atoms with Crippen LogP contribution >= 0.6 is 0 Å². The summed E-state index contributed by atoms with van der Waals surface area (Å²) >= 11 is 0. The van der Waals surface area contributed by atoms with Gasteiger partial charge >= 0.3 is 0 Å². The molecule has 0 aliphatic carbocycles. The highest BCUT2D eigenvalue weighted by Crippen LogP contribution is 2.43. The van der Waals surface area contributed by atoms with Crippen molar-refractivity contribution in [2.45, 2.75) is 6.23 Å². The molecule has 6 heteroatoms. The molecular formula is C12H16N2O4. The quantitative estimate of drug-likeness (QED) is 0.647. The Morgan fingerprint density at radius 1 is 1.28 bits per heavy atom. The molecule has 0 amide bonds. The van der Waals surface area contributed by atoms with E-state index >= 15 is 0 Å². The third-order valence-electron chi connectivity index (χ3n) is 3.10. The highest BCUT2D eigenvalue weighted by atomic mass is 16.6. The molecule has 0 radical (unpaired) electrons. The number of benzene rings is 1. The Balaban J connectivity index is 1.97. The van der Waals surface area contributed by atoms with Gasteiger partial charge in [-0.05, 0) is 0 Å². The molecule has 0 bridgehead atoms. The van der Waals surface area contributed by atoms with Crippen molar-refractivity contribution in [2.24, 2.45) is 0 Å². The lowest BCUT2D eigenvalue weighted by molar-refractivity contribution is 0.130. The number of hydrogen-bond donors (Lipinski definition) is 3. The van der Waals surface area contributed by atoms with Gasteiger partial charge in [-0.15, -0.1) is 0 Å². The molecule has 3 N–H and O–H groups in total. The standard InChI is InChI=1S/C12H16N2O4/c15-8-5-9(14-2-1-13-11(16)7-14)12-10(6-8)17-3-4-18-12/h5-6,11,13,15-16H,1-4,7H2. The van der Waals surface area contributed by atoms with E-state index in [1.807, 2.05) is 4.90 Å². The zero-order chi connectivity index (χ0) is 12.5. The molecule has 1 atom stereocenters. The van der Waals surface area contributed by atoms with E-state index in [4.69, 9.17) is 9.47 Å². The van der Waals surface area contributed by atoms with Gasteiger partial charge in [-0.2, -0.15) is 0 Å². The first-order valence-corrected chi connectivity index (χ1v) is 6.03. The van der Waals surface area contributed by atoms with Gasteiger partial charge in [-0.3, -0.25) is 5.32 Å². The van der Waals surface area contributed by atoms with E-state index in [9.17, 15) is 10.2 Å². The second-order valence-corrected chi connectivity index (χ2v) is 4.41. The van der Waals surface area contributed by atoms with Gasteiger partial charge in [0.05, 0.1) is 12.2 Å². The molecular weight excluding hydrogens is 236 g/mol. The van der Waals surface area contributed by atoms with Gasteiger partial charge in [0, 0.05) is 25.2 Å². The number of aliphatic hydroxyl groups is 1. The minimum atomic E-state index is -0.568. The second-order valence-electron chi connectivity index (χ2n) is 4.41. The molecule has 1 fully saturated rings. The van der Waals surface area contributed by atoms with Crippen LogP contribution in [-0.4, -0.2) is 49.3 Å². The Morgan fingerprint density at radius 2 is 2.11 bits per heavy atom. The lowest BCUT2D eigenvalue weighted by Crippen LogP contribution is -2.50. The lowest BCUT2D eigenvalue weighted by Gasteiger charge is -2.34. The number of β-amino-alcohol motifs (C(OH)–C–C–N with tert-alkyl or cyclic N) is 1. The predicted octanol–water partition coefficient (Wildman–Crippen LogP) is -0.109. The summed E-state index contributed by atoms with van der Waals surface area (Å²) in [5.74, 6) is 1.35. The first-order chi connectivity index (χ1) is 8.74. The van der Waals surface area contributed by atoms with E-state index in [0.717, 1.165) is 12.2 Å². The fourth-order valence-electron chi connectivity index (χ4n) is 2.31. The van der Waals surface area contributed by atoms with Crippen LogP contribution in [0, 0.1) is 0 Å². The third kappa shape index (κ3) is 2.04. The monoisotopic (exact) mass is 252 g/mol. The molecule has 2 heterocycles. The number of nitrogens with one attached hydrogen (secondary N) is 1. The highest BCUT2D eigenvalue weighted by Gasteiger charge is 2.25. The number of anilines is 1. The smallest absolute Gasteiger partial charge is 0.184 e. The Labute approximate surface area is 105 Å². The summed E-state index contributed by atoms with van der Waals surface area (Å²) in [6.45, 7) is 2.88. The third-order valence-corrected chi connectivity index (χ3v) is 3.10. The first kappa shape index (κ1) is 11.4. The molecule has 1 aromatic carbocycles. The van der Waals surface area contributed by atoms with Crippen LogP contribution < -0.4 is 19.7 Å². The van der Waals surface area contributed by atoms with Crippen LogP contribution in [0.4, 0.5) is 5.69 Å². The second kappa shape index (κ2) is 4.55. The molecule has 2 aliphatic heterocycles. The Bertz CT molecular complexity index is 452. The summed E-state index contributed by atoms with van der Waals surface area (Å²) < 4.78 is 11.1. The normalized spacial score (nSPS) is 22.9. The van der Waals surface area contributed by atoms with Crippen molar-refractivity contribution in [2.75, 3.05) is 37.7 Å². The van der Waals surface area contributed by atoms with Crippen LogP contribution in [0.1, 0.15) is 0 Å². The van der Waals surface area contributed by atoms with Crippen molar-refractivity contribution >= 4 is 5.69 Å². The SMILES string of the molecule is Oc1cc2c(c(N3CCNC(O)C3)c1)OCCO2. The van der Waals surface area contributed by atoms with Crippen LogP contribution in [-0.2, 0) is 0 Å². The van der Waals surface area contributed by atoms with E-state index in [0.29, 0.717) is 37.8 Å². The van der Waals surface area contributed by atoms with Gasteiger partial charge in [0.25, 0.3) is 0 Å². The minimum Gasteiger partial charge on any atom is -0.508 e. The van der Waals surface area contributed by atoms with Crippen LogP contribution in [0.2, 0.25) is 0 Å². The number of phenols is 1. The van der Waals surface area contributed by atoms with Crippen LogP contribution in [0.15, 0.2) is 12.1 Å². The van der Waals surface area contributed by atoms with E-state index in [-0.39, 0.29) is 5.75 Å². The maximum Gasteiger partial charge on any atom is 0.184 e. The molecule has 6 nitrogen and oxygen atoms in total. The van der Waals surface area contributed by atoms with Crippen molar-refractivity contribution in [1.29, 1.82) is 0 Å². The average Bonchev–Trinajstić information content (AvgIpc) is 2.37. The minimum absolute atomic E-state index is 0.141. The lowest BCUT2D eigenvalue weighted by atomic mass is 10.2. The molecule has 3 rings (SSSR count). The maximum absolute atomic E-state index is 9.73. The van der Waals surface area contributed by atoms with Crippen LogP contribution in [0.25, 0.3) is 0 Å². The van der Waals surface area contributed by atoms with Gasteiger partial charge in [-0.1, -0.05) is 0 Å². The number of aromatic hydroxyl groups is 1. The van der Waals surface area contributed by atoms with Crippen molar-refractivity contribution in [1.82, 2.24) is 5.32 Å². The Morgan fingerprint density at radius 3 is 2.94 bits per heavy atom. The molecule has 98 valence electrons. The number of rotatable bonds is 1. The molecule has 0 aromatic heterocycles. The van der Waals surface area contributed by atoms with Gasteiger partial charge in [0.1, 0.15) is 25.2 Å². The fourth-order valence-corrected chi connectivity index (χ4v) is 2.31. The molecule has 1 aromatic rings. The zero-order valence-corrected chi connectivity index (χ0v) is 9.93. The molecule has 18 heavy (non-hydrogen) atoms. The molecule has 0 spiro atoms. The number of piperazine rings is 1. The summed E-state index contributed by atoms with van der Waals surface area (Å²) in [4.78, 5) is 1.98. The Kier molecular flexibility index (Phi) is 2.89. The zero-order valence-electron chi connectivity index (χ0n) is 9.93. The topological polar surface area (TPSA) is 74.2 Å². The molecule has 2 aliphatic rings. The summed E-state index contributed by atoms with van der Waals surface area (Å²) in [5, 5.41) is 22.3. The van der Waals surface area contributed by atoms with Crippen molar-refractivity contribution in [3.8, 4) is 17.2 Å². The Hall–Kier alpha value is -1.66. The van der Waals surface area contributed by atoms with E-state index in [1.54, 1.807) is 12.1 Å². The number of phenolic OH excluding ortho intramolecular Hbond substituents is 1. The number of fused-ring (bicyclic) bond motifs is 1. The summed E-state index contributed by atoms with van der Waals surface area (Å²) in [7, 11) is 0. The molecule has 1 saturated heterocycles. The highest BCUT2D eigenvalue weighted by molar-refractivity contribution is 5.68.